The summed E-state index contributed by atoms with van der Waals surface area (Å²) >= 11 is 3.32. The van der Waals surface area contributed by atoms with Crippen LogP contribution in [0.5, 0.6) is 11.5 Å². The summed E-state index contributed by atoms with van der Waals surface area (Å²) in [4.78, 5) is 31.8. The highest BCUT2D eigenvalue weighted by atomic mass is 79.9. The number of ether oxygens (including phenoxy) is 2. The van der Waals surface area contributed by atoms with Crippen LogP contribution in [0.2, 0.25) is 0 Å². The Kier molecular flexibility index (Phi) is 31.3. The molecule has 8 aliphatic carbocycles. The molecular weight excluding hydrogens is 1240 g/mol. The average Bonchev–Trinajstić information content (AvgIpc) is 1.41. The Morgan fingerprint density at radius 3 is 1.14 bits per heavy atom. The van der Waals surface area contributed by atoms with Gasteiger partial charge in [-0.05, 0) is 229 Å². The standard InChI is InChI=1S/C28H40O3.C23H39NO3.C7H7BrO.CH4.B30/c1-26(30)14-15-27(2)19(17-26)8-9-21-22-10-11-24(28(22,3)13-12-23(21)27)25(29)18-6-5-7-20(16-18)31-4;1-21(26)12-13-22(2)15(14-21)6-7-16-17-8-9-19(20(25)24(4)27-5)23(17,3)11-10-18(16)22;1-9-7-4-2-3-6(8)5-7;;1-17(2)25(18(3)4)29(26(19(5)6)20(7)8)30(27(21(9)10)22(11)12)28(23(13)14)24(15)16/h5-7,16,19,21-24,30H,8-15,17H2,1-4H3;15-19,26H,6-14H2,1-5H3;2-5H,1H3;1H4;/t19-,21-,22-,23-,24+,26+,27-,28-;15-,16-,17-,18-,19+,21+,22-,23-;;;/m00.../s1. The van der Waals surface area contributed by atoms with Crippen molar-refractivity contribution in [2.75, 3.05) is 28.4 Å². The lowest BCUT2D eigenvalue weighted by atomic mass is 8.31. The summed E-state index contributed by atoms with van der Waals surface area (Å²) in [6.45, 7) is 14.0. The molecule has 0 bridgehead atoms. The van der Waals surface area contributed by atoms with Gasteiger partial charge in [-0.3, -0.25) is 14.4 Å². The molecule has 39 heteroatoms. The Balaban J connectivity index is 0.000000217. The van der Waals surface area contributed by atoms with Gasteiger partial charge in [-0.1, -0.05) is 69.3 Å². The third-order valence-corrected chi connectivity index (χ3v) is 27.8. The molecule has 0 unspecified atom stereocenters. The molecule has 16 atom stereocenters. The van der Waals surface area contributed by atoms with Gasteiger partial charge in [0.15, 0.2) is 5.78 Å². The summed E-state index contributed by atoms with van der Waals surface area (Å²) in [5.74, 6) is 8.16. The van der Waals surface area contributed by atoms with Crippen molar-refractivity contribution in [2.24, 2.45) is 80.8 Å². The number of nitrogens with zero attached hydrogens (tertiary/aromatic N) is 1. The lowest BCUT2D eigenvalue weighted by Crippen LogP contribution is -2.88. The van der Waals surface area contributed by atoms with E-state index in [4.69, 9.17) is 138 Å². The Labute approximate surface area is 630 Å². The molecule has 10 rings (SSSR count). The quantitative estimate of drug-likeness (QED) is 0.127. The molecule has 98 heavy (non-hydrogen) atoms. The minimum atomic E-state index is -1.07. The molecule has 8 aliphatic rings. The van der Waals surface area contributed by atoms with Crippen LogP contribution in [-0.4, -0.2) is 280 Å². The van der Waals surface area contributed by atoms with E-state index in [1.54, 1.807) is 28.4 Å². The molecule has 2 N–H and O–H groups in total. The van der Waals surface area contributed by atoms with Crippen LogP contribution in [0.4, 0.5) is 0 Å². The van der Waals surface area contributed by atoms with E-state index in [1.165, 1.54) is 82.1 Å². The Hall–Kier alpha value is -0.512. The van der Waals surface area contributed by atoms with Crippen molar-refractivity contribution in [1.29, 1.82) is 0 Å². The smallest absolute Gasteiger partial charge is 0.249 e. The summed E-state index contributed by atoms with van der Waals surface area (Å²) < 4.78 is 11.4. The van der Waals surface area contributed by atoms with Crippen molar-refractivity contribution in [3.05, 3.63) is 58.6 Å². The molecule has 8 saturated carbocycles. The van der Waals surface area contributed by atoms with Crippen molar-refractivity contribution in [2.45, 2.75) is 176 Å². The number of halogens is 1. The maximum atomic E-state index is 13.6. The predicted octanol–water partition coefficient (Wildman–Crippen LogP) is 2.37. The van der Waals surface area contributed by atoms with E-state index in [2.05, 4.69) is 43.6 Å². The predicted molar refractivity (Wildman–Crippen MR) is 449 cm³/mol. The van der Waals surface area contributed by atoms with Gasteiger partial charge < -0.3 is 19.7 Å². The largest absolute Gasteiger partial charge is 0.497 e. The van der Waals surface area contributed by atoms with Crippen LogP contribution in [0.1, 0.15) is 175 Å². The van der Waals surface area contributed by atoms with Crippen LogP contribution in [0, 0.1) is 80.8 Å². The van der Waals surface area contributed by atoms with Crippen molar-refractivity contribution in [3.63, 3.8) is 0 Å². The first kappa shape index (κ1) is 86.4. The van der Waals surface area contributed by atoms with Crippen molar-refractivity contribution >= 4 is 241 Å². The summed E-state index contributed by atoms with van der Waals surface area (Å²) in [6.07, 6.45) is 6.91. The van der Waals surface area contributed by atoms with Gasteiger partial charge >= 0.3 is 0 Å². The normalized spacial score (nSPS) is 32.7. The van der Waals surface area contributed by atoms with Crippen molar-refractivity contribution in [1.82, 2.24) is 5.06 Å². The van der Waals surface area contributed by atoms with Crippen LogP contribution >= 0.6 is 15.9 Å². The van der Waals surface area contributed by atoms with E-state index < -0.39 is 101 Å². The van der Waals surface area contributed by atoms with Gasteiger partial charge in [0.25, 0.3) is 0 Å². The average molecular weight is 1330 g/mol. The van der Waals surface area contributed by atoms with Crippen LogP contribution in [0.25, 0.3) is 0 Å². The van der Waals surface area contributed by atoms with Gasteiger partial charge in [-0.15, -0.1) is 0 Å². The highest BCUT2D eigenvalue weighted by Gasteiger charge is 2.64. The lowest BCUT2D eigenvalue weighted by Gasteiger charge is -2.61. The van der Waals surface area contributed by atoms with Crippen LogP contribution in [-0.2, 0) is 9.63 Å². The number of hydrogen-bond donors (Lipinski definition) is 2. The first-order valence-electron chi connectivity index (χ1n) is 36.0. The molecule has 0 aliphatic heterocycles. The van der Waals surface area contributed by atoms with E-state index >= 15 is 0 Å². The topological polar surface area (TPSA) is 106 Å². The van der Waals surface area contributed by atoms with Gasteiger partial charge in [-0.2, -0.15) is 0 Å². The van der Waals surface area contributed by atoms with Gasteiger partial charge in [0.2, 0.25) is 5.91 Å². The van der Waals surface area contributed by atoms with E-state index in [1.807, 2.05) is 62.4 Å². The highest BCUT2D eigenvalue weighted by Crippen LogP contribution is 2.70. The molecule has 470 valence electrons. The first-order valence-corrected chi connectivity index (χ1v) is 36.8. The fraction of sp³-hybridized carbons (Fsp3) is 0.763. The maximum absolute atomic E-state index is 13.6. The third-order valence-electron chi connectivity index (χ3n) is 27.3. The summed E-state index contributed by atoms with van der Waals surface area (Å²) in [6, 6.07) is 15.5. The fourth-order valence-electron chi connectivity index (χ4n) is 22.2. The number of Topliss-reactive ketones (excluding diaryl/α,β-unsaturated/α-hetero) is 1. The third kappa shape index (κ3) is 18.7. The molecule has 0 spiro atoms. The van der Waals surface area contributed by atoms with Gasteiger partial charge in [0.05, 0.1) is 32.5 Å². The lowest BCUT2D eigenvalue weighted by molar-refractivity contribution is -0.182. The molecular formula is C59H90B30BrNO7. The number of methoxy groups -OCH3 is 2. The van der Waals surface area contributed by atoms with Crippen LogP contribution < -0.4 is 9.47 Å². The number of carbonyl (C=O) groups is 2. The number of fused-ring (bicyclic) bond motifs is 10. The number of amides is 1. The zero-order valence-electron chi connectivity index (χ0n) is 60.2. The molecule has 2 aromatic rings. The van der Waals surface area contributed by atoms with E-state index in [0.29, 0.717) is 40.3 Å². The molecule has 0 heterocycles. The second-order valence-corrected chi connectivity index (χ2v) is 33.8. The Morgan fingerprint density at radius 1 is 0.449 bits per heavy atom. The van der Waals surface area contributed by atoms with Gasteiger partial charge in [0, 0.05) is 242 Å². The van der Waals surface area contributed by atoms with Gasteiger partial charge in [-0.25, -0.2) is 5.06 Å². The summed E-state index contributed by atoms with van der Waals surface area (Å²) in [7, 11) is 103. The second kappa shape index (κ2) is 35.5. The molecule has 32 radical (unpaired) electrons. The fourth-order valence-corrected chi connectivity index (χ4v) is 22.6. The Morgan fingerprint density at radius 2 is 0.796 bits per heavy atom. The zero-order valence-corrected chi connectivity index (χ0v) is 61.8. The Bertz CT molecular complexity index is 2790. The molecule has 0 saturated heterocycles. The minimum Gasteiger partial charge on any atom is -0.497 e. The minimum absolute atomic E-state index is 0. The van der Waals surface area contributed by atoms with E-state index in [9.17, 15) is 19.8 Å². The van der Waals surface area contributed by atoms with Gasteiger partial charge in [0.1, 0.15) is 11.5 Å². The molecule has 8 nitrogen and oxygen atoms in total. The number of hydrogen-bond acceptors (Lipinski definition) is 7. The summed E-state index contributed by atoms with van der Waals surface area (Å²) in [5.41, 5.74) is 0.911. The molecule has 2 aromatic carbocycles. The first-order chi connectivity index (χ1) is 45.2. The molecule has 8 fully saturated rings. The second-order valence-electron chi connectivity index (χ2n) is 32.9. The molecule has 0 aromatic heterocycles. The highest BCUT2D eigenvalue weighted by molar-refractivity contribution is 9.10. The zero-order chi connectivity index (χ0) is 72.4. The number of hydroxylamine groups is 2. The van der Waals surface area contributed by atoms with Crippen LogP contribution in [0.15, 0.2) is 53.0 Å². The number of carbonyl (C=O) groups excluding carboxylic acids is 2. The number of aliphatic hydroxyl groups is 2. The van der Waals surface area contributed by atoms with E-state index in [-0.39, 0.29) is 36.0 Å². The number of rotatable bonds is 19. The van der Waals surface area contributed by atoms with Crippen LogP contribution in [0.3, 0.4) is 0 Å². The van der Waals surface area contributed by atoms with E-state index in [0.717, 1.165) is 83.7 Å². The van der Waals surface area contributed by atoms with Crippen molar-refractivity contribution < 1.29 is 34.1 Å². The number of ketones is 1. The summed E-state index contributed by atoms with van der Waals surface area (Å²) in [5, 5.41) is 22.8. The number of benzene rings is 2. The SMILES string of the molecule is C.CON(C)C(=O)[C@H]1CC[C@H]2[C@@H]3CC[C@H]4C[C@](C)(O)CC[C@]4(C)[C@H]3CC[C@]12C.COc1cccc(Br)c1.COc1cccc(C(=O)[C@H]2CC[C@H]3[C@@H]4CC[C@H]5C[C@](C)(O)CC[C@]5(C)[C@H]4CC[C@]23C)c1.[B]B([B])B(B([B])[B])B(B(B([B])[B])B([B])[B])B(B(B([B])[B])B([B])[B])B(B([B])[B])B([B])[B]. The monoisotopic (exact) mass is 1330 g/mol. The maximum Gasteiger partial charge on any atom is 0.249 e. The van der Waals surface area contributed by atoms with Crippen molar-refractivity contribution in [3.8, 4) is 11.5 Å². The molecule has 1 amide bonds.